The van der Waals surface area contributed by atoms with Crippen molar-refractivity contribution in [3.63, 3.8) is 0 Å². The molecule has 6 nitrogen and oxygen atoms in total. The number of hydrogen-bond acceptors (Lipinski definition) is 5. The Hall–Kier alpha value is -2.08. The quantitative estimate of drug-likeness (QED) is 0.607. The summed E-state index contributed by atoms with van der Waals surface area (Å²) in [5, 5.41) is 23.1. The van der Waals surface area contributed by atoms with Crippen molar-refractivity contribution in [1.29, 1.82) is 10.5 Å². The molecule has 0 radical (unpaired) electrons. The van der Waals surface area contributed by atoms with Crippen LogP contribution in [0, 0.1) is 22.7 Å². The molecule has 0 aliphatic heterocycles. The van der Waals surface area contributed by atoms with Gasteiger partial charge in [-0.1, -0.05) is 0 Å². The van der Waals surface area contributed by atoms with Crippen LogP contribution in [0.2, 0.25) is 0 Å². The minimum Gasteiger partial charge on any atom is -0.480 e. The molecule has 0 spiro atoms. The number of esters is 1. The van der Waals surface area contributed by atoms with E-state index in [-0.39, 0.29) is 6.42 Å². The molecule has 70 valence electrons. The number of carboxylic acids is 1. The highest BCUT2D eigenvalue weighted by molar-refractivity contribution is 5.71. The van der Waals surface area contributed by atoms with Gasteiger partial charge in [-0.05, 0) is 0 Å². The van der Waals surface area contributed by atoms with Crippen LogP contribution in [0.25, 0.3) is 0 Å². The maximum Gasteiger partial charge on any atom is 0.319 e. The molecule has 0 rings (SSSR count). The third-order valence-electron chi connectivity index (χ3n) is 0.681. The number of methoxy groups -OCH3 is 1. The van der Waals surface area contributed by atoms with E-state index in [9.17, 15) is 9.59 Å². The van der Waals surface area contributed by atoms with Crippen LogP contribution in [-0.2, 0) is 14.3 Å². The second kappa shape index (κ2) is 9.92. The minimum absolute atomic E-state index is 0.156. The monoisotopic (exact) mass is 184 g/mol. The zero-order valence-corrected chi connectivity index (χ0v) is 6.98. The highest BCUT2D eigenvalue weighted by Crippen LogP contribution is 1.76. The van der Waals surface area contributed by atoms with Crippen LogP contribution in [0.5, 0.6) is 0 Å². The maximum absolute atomic E-state index is 9.97. The number of ether oxygens (including phenoxy) is 1. The lowest BCUT2D eigenvalue weighted by Gasteiger charge is -1.85. The van der Waals surface area contributed by atoms with E-state index in [1.807, 2.05) is 0 Å². The average Bonchev–Trinajstić information content (AvgIpc) is 2.05. The Morgan fingerprint density at radius 2 is 1.77 bits per heavy atom. The smallest absolute Gasteiger partial charge is 0.319 e. The topological polar surface area (TPSA) is 111 Å². The fourth-order valence-electron chi connectivity index (χ4n) is 0.204. The molecule has 0 fully saturated rings. The molecule has 0 aliphatic carbocycles. The number of aliphatic carboxylic acids is 1. The van der Waals surface area contributed by atoms with Gasteiger partial charge in [-0.3, -0.25) is 9.59 Å². The predicted octanol–water partition coefficient (Wildman–Crippen LogP) is 0.0578. The molecular weight excluding hydrogens is 176 g/mol. The maximum atomic E-state index is 9.97. The summed E-state index contributed by atoms with van der Waals surface area (Å²) in [6, 6.07) is 3.11. The van der Waals surface area contributed by atoms with Crippen molar-refractivity contribution in [3.05, 3.63) is 0 Å². The third-order valence-corrected chi connectivity index (χ3v) is 0.681. The fraction of sp³-hybridized carbons (Fsp3) is 0.429. The second-order valence-corrected chi connectivity index (χ2v) is 1.64. The van der Waals surface area contributed by atoms with Crippen molar-refractivity contribution in [2.75, 3.05) is 7.11 Å². The van der Waals surface area contributed by atoms with Crippen molar-refractivity contribution < 1.29 is 19.4 Å². The van der Waals surface area contributed by atoms with Gasteiger partial charge in [0.05, 0.1) is 19.2 Å². The van der Waals surface area contributed by atoms with Crippen LogP contribution in [0.1, 0.15) is 12.8 Å². The molecule has 0 unspecified atom stereocenters. The van der Waals surface area contributed by atoms with Gasteiger partial charge in [0, 0.05) is 0 Å². The predicted molar refractivity (Wildman–Crippen MR) is 40.1 cm³/mol. The molecule has 0 bridgehead atoms. The van der Waals surface area contributed by atoms with Gasteiger partial charge in [0.1, 0.15) is 12.8 Å². The van der Waals surface area contributed by atoms with Gasteiger partial charge in [-0.15, -0.1) is 0 Å². The number of hydrogen-bond donors (Lipinski definition) is 1. The number of carbonyl (C=O) groups is 2. The molecule has 6 heteroatoms. The Balaban J connectivity index is 0. The van der Waals surface area contributed by atoms with Gasteiger partial charge >= 0.3 is 11.9 Å². The molecule has 0 aromatic rings. The number of nitrogens with zero attached hydrogens (tertiary/aromatic N) is 2. The molecule has 0 amide bonds. The van der Waals surface area contributed by atoms with Crippen LogP contribution in [0.3, 0.4) is 0 Å². The highest BCUT2D eigenvalue weighted by Gasteiger charge is 1.93. The van der Waals surface area contributed by atoms with Crippen LogP contribution in [0.4, 0.5) is 0 Å². The molecule has 0 saturated carbocycles. The van der Waals surface area contributed by atoms with E-state index < -0.39 is 18.4 Å². The molecular formula is C7H8N2O4. The summed E-state index contributed by atoms with van der Waals surface area (Å²) in [5.74, 6) is -1.56. The zero-order valence-electron chi connectivity index (χ0n) is 6.98. The summed E-state index contributed by atoms with van der Waals surface area (Å²) >= 11 is 0. The minimum atomic E-state index is -1.07. The second-order valence-electron chi connectivity index (χ2n) is 1.64. The zero-order chi connectivity index (χ0) is 10.7. The molecule has 13 heavy (non-hydrogen) atoms. The van der Waals surface area contributed by atoms with E-state index in [4.69, 9.17) is 15.6 Å². The Kier molecular flexibility index (Phi) is 10.3. The highest BCUT2D eigenvalue weighted by atomic mass is 16.5. The summed E-state index contributed by atoms with van der Waals surface area (Å²) in [4.78, 5) is 19.3. The first kappa shape index (κ1) is 13.5. The van der Waals surface area contributed by atoms with Crippen LogP contribution in [-0.4, -0.2) is 24.2 Å². The Bertz CT molecular complexity index is 248. The summed E-state index contributed by atoms with van der Waals surface area (Å²) in [6.07, 6.45) is -0.559. The summed E-state index contributed by atoms with van der Waals surface area (Å²) in [7, 11) is 1.25. The lowest BCUT2D eigenvalue weighted by atomic mass is 10.5. The summed E-state index contributed by atoms with van der Waals surface area (Å²) in [6.45, 7) is 0. The van der Waals surface area contributed by atoms with Gasteiger partial charge in [-0.25, -0.2) is 0 Å². The van der Waals surface area contributed by atoms with Crippen LogP contribution < -0.4 is 0 Å². The van der Waals surface area contributed by atoms with Crippen LogP contribution in [0.15, 0.2) is 0 Å². The number of carboxylic acid groups (broad SMARTS) is 1. The summed E-state index contributed by atoms with van der Waals surface area (Å²) in [5.41, 5.74) is 0. The van der Waals surface area contributed by atoms with Crippen molar-refractivity contribution in [1.82, 2.24) is 0 Å². The lowest BCUT2D eigenvalue weighted by Crippen LogP contribution is -1.96. The Morgan fingerprint density at radius 1 is 1.31 bits per heavy atom. The summed E-state index contributed by atoms with van der Waals surface area (Å²) < 4.78 is 4.13. The third kappa shape index (κ3) is 17.8. The largest absolute Gasteiger partial charge is 0.480 e. The Labute approximate surface area is 75.0 Å². The average molecular weight is 184 g/mol. The van der Waals surface area contributed by atoms with Gasteiger partial charge in [0.2, 0.25) is 0 Å². The van der Waals surface area contributed by atoms with Crippen LogP contribution >= 0.6 is 0 Å². The molecule has 0 saturated heterocycles. The molecule has 0 aliphatic rings. The number of nitriles is 2. The van der Waals surface area contributed by atoms with Crippen molar-refractivity contribution in [2.45, 2.75) is 12.8 Å². The van der Waals surface area contributed by atoms with E-state index in [0.717, 1.165) is 0 Å². The van der Waals surface area contributed by atoms with Crippen molar-refractivity contribution >= 4 is 11.9 Å². The first-order valence-electron chi connectivity index (χ1n) is 3.11. The first-order chi connectivity index (χ1) is 6.08. The van der Waals surface area contributed by atoms with E-state index in [2.05, 4.69) is 4.74 Å². The fourth-order valence-corrected chi connectivity index (χ4v) is 0.204. The first-order valence-corrected chi connectivity index (χ1v) is 3.11. The van der Waals surface area contributed by atoms with Gasteiger partial charge < -0.3 is 9.84 Å². The lowest BCUT2D eigenvalue weighted by molar-refractivity contribution is -0.139. The van der Waals surface area contributed by atoms with E-state index in [0.29, 0.717) is 0 Å². The molecule has 0 heterocycles. The van der Waals surface area contributed by atoms with Gasteiger partial charge in [0.25, 0.3) is 0 Å². The normalized spacial score (nSPS) is 6.69. The van der Waals surface area contributed by atoms with E-state index >= 15 is 0 Å². The number of carbonyl (C=O) groups excluding carboxylic acids is 1. The number of rotatable bonds is 2. The molecule has 0 aromatic carbocycles. The SMILES string of the molecule is COC(=O)CC#N.N#CCC(=O)O. The van der Waals surface area contributed by atoms with E-state index in [1.165, 1.54) is 13.2 Å². The molecule has 0 atom stereocenters. The standard InChI is InChI=1S/C4H5NO2.C3H3NO2/c1-7-4(6)2-3-5;4-2-1-3(5)6/h2H2,1H3;1H2,(H,5,6). The van der Waals surface area contributed by atoms with Crippen molar-refractivity contribution in [2.24, 2.45) is 0 Å². The van der Waals surface area contributed by atoms with Gasteiger partial charge in [0.15, 0.2) is 0 Å². The van der Waals surface area contributed by atoms with Crippen molar-refractivity contribution in [3.8, 4) is 12.1 Å². The Morgan fingerprint density at radius 3 is 1.85 bits per heavy atom. The molecule has 1 N–H and O–H groups in total. The van der Waals surface area contributed by atoms with E-state index in [1.54, 1.807) is 6.07 Å². The molecule has 0 aromatic heterocycles. The van der Waals surface area contributed by atoms with Gasteiger partial charge in [-0.2, -0.15) is 10.5 Å².